The van der Waals surface area contributed by atoms with E-state index in [9.17, 15) is 4.79 Å². The highest BCUT2D eigenvalue weighted by molar-refractivity contribution is 6.32. The predicted molar refractivity (Wildman–Crippen MR) is 125 cm³/mol. The highest BCUT2D eigenvalue weighted by atomic mass is 35.5. The predicted octanol–water partition coefficient (Wildman–Crippen LogP) is 4.70. The molecule has 0 aliphatic carbocycles. The third kappa shape index (κ3) is 4.13. The minimum absolute atomic E-state index is 0.209. The van der Waals surface area contributed by atoms with Crippen LogP contribution in [0, 0.1) is 0 Å². The number of aryl methyl sites for hydroxylation is 3. The van der Waals surface area contributed by atoms with Crippen LogP contribution in [0.2, 0.25) is 5.02 Å². The van der Waals surface area contributed by atoms with Crippen molar-refractivity contribution in [2.75, 3.05) is 16.0 Å². The van der Waals surface area contributed by atoms with Crippen LogP contribution >= 0.6 is 11.6 Å². The van der Waals surface area contributed by atoms with Gasteiger partial charge in [0.1, 0.15) is 10.7 Å². The summed E-state index contributed by atoms with van der Waals surface area (Å²) >= 11 is 6.32. The zero-order valence-electron chi connectivity index (χ0n) is 17.3. The van der Waals surface area contributed by atoms with Crippen LogP contribution in [0.4, 0.5) is 28.8 Å². The Hall–Kier alpha value is -3.91. The summed E-state index contributed by atoms with van der Waals surface area (Å²) in [4.78, 5) is 25.6. The largest absolute Gasteiger partial charge is 0.339 e. The number of amides is 1. The van der Waals surface area contributed by atoms with Crippen LogP contribution in [0.3, 0.4) is 0 Å². The zero-order valence-corrected chi connectivity index (χ0v) is 18.0. The number of carbonyl (C=O) groups excluding carboxylic acids is 1. The number of hydrogen-bond donors (Lipinski definition) is 3. The third-order valence-electron chi connectivity index (χ3n) is 5.28. The first-order chi connectivity index (χ1) is 15.5. The quantitative estimate of drug-likeness (QED) is 0.413. The van der Waals surface area contributed by atoms with Crippen LogP contribution in [-0.2, 0) is 19.9 Å². The highest BCUT2D eigenvalue weighted by Gasteiger charge is 2.15. The van der Waals surface area contributed by atoms with Crippen molar-refractivity contribution < 1.29 is 4.79 Å². The molecule has 3 N–H and O–H groups in total. The summed E-state index contributed by atoms with van der Waals surface area (Å²) in [6.07, 6.45) is 6.24. The Balaban J connectivity index is 1.54. The van der Waals surface area contributed by atoms with E-state index in [1.807, 2.05) is 30.3 Å². The number of aromatic nitrogens is 4. The second-order valence-corrected chi connectivity index (χ2v) is 7.96. The first-order valence-electron chi connectivity index (χ1n) is 10.1. The molecular weight excluding hydrogens is 426 g/mol. The van der Waals surface area contributed by atoms with Crippen molar-refractivity contribution in [2.45, 2.75) is 12.8 Å². The Kier molecular flexibility index (Phi) is 5.20. The molecule has 6 bridgehead atoms. The number of halogens is 1. The Morgan fingerprint density at radius 3 is 2.81 bits per heavy atom. The number of nitrogens with one attached hydrogen (secondary N) is 3. The molecule has 0 spiro atoms. The van der Waals surface area contributed by atoms with Gasteiger partial charge in [-0.1, -0.05) is 23.7 Å². The fourth-order valence-electron chi connectivity index (χ4n) is 3.63. The van der Waals surface area contributed by atoms with Crippen LogP contribution in [0.1, 0.15) is 21.6 Å². The minimum atomic E-state index is -0.209. The lowest BCUT2D eigenvalue weighted by Crippen LogP contribution is -2.16. The van der Waals surface area contributed by atoms with Gasteiger partial charge in [0, 0.05) is 24.1 Å². The van der Waals surface area contributed by atoms with Gasteiger partial charge in [0.05, 0.1) is 18.7 Å². The second-order valence-electron chi connectivity index (χ2n) is 7.56. The van der Waals surface area contributed by atoms with Crippen molar-refractivity contribution in [3.8, 4) is 0 Å². The van der Waals surface area contributed by atoms with Gasteiger partial charge in [0.15, 0.2) is 5.82 Å². The molecule has 2 aromatic heterocycles. The molecule has 9 heteroatoms. The number of carbonyl (C=O) groups is 1. The van der Waals surface area contributed by atoms with Gasteiger partial charge < -0.3 is 20.5 Å². The Bertz CT molecular complexity index is 1320. The lowest BCUT2D eigenvalue weighted by atomic mass is 10.0. The number of nitrogens with zero attached hydrogens (tertiary/aromatic N) is 4. The van der Waals surface area contributed by atoms with E-state index in [4.69, 9.17) is 11.6 Å². The summed E-state index contributed by atoms with van der Waals surface area (Å²) in [5.74, 6) is 0.741. The van der Waals surface area contributed by atoms with E-state index in [2.05, 4.69) is 43.0 Å². The van der Waals surface area contributed by atoms with Crippen molar-refractivity contribution >= 4 is 46.3 Å². The fourth-order valence-corrected chi connectivity index (χ4v) is 3.77. The summed E-state index contributed by atoms with van der Waals surface area (Å²) in [6, 6.07) is 13.9. The maximum Gasteiger partial charge on any atom is 0.273 e. The van der Waals surface area contributed by atoms with Gasteiger partial charge >= 0.3 is 0 Å². The molecule has 8 nitrogen and oxygen atoms in total. The van der Waals surface area contributed by atoms with Gasteiger partial charge in [-0.15, -0.1) is 0 Å². The molecule has 1 aliphatic rings. The molecule has 0 radical (unpaired) electrons. The number of fused-ring (bicyclic) bond motifs is 6. The minimum Gasteiger partial charge on any atom is -0.339 e. The van der Waals surface area contributed by atoms with Gasteiger partial charge in [0.25, 0.3) is 5.91 Å². The van der Waals surface area contributed by atoms with Gasteiger partial charge in [-0.2, -0.15) is 4.98 Å². The number of benzene rings is 2. The number of hydrogen-bond acceptors (Lipinski definition) is 6. The molecular formula is C23H20ClN7O. The summed E-state index contributed by atoms with van der Waals surface area (Å²) < 4.78 is 1.69. The molecule has 4 aromatic rings. The summed E-state index contributed by atoms with van der Waals surface area (Å²) in [6.45, 7) is 0. The van der Waals surface area contributed by atoms with E-state index in [-0.39, 0.29) is 5.91 Å². The SMILES string of the molecule is Cn1cncc1C(=O)Nc1ccc2cc1CCc1cccc(c1)Nc1ncc(Cl)c(n1)N2. The number of anilines is 5. The van der Waals surface area contributed by atoms with E-state index >= 15 is 0 Å². The first kappa shape index (κ1) is 20.0. The molecule has 0 unspecified atom stereocenters. The van der Waals surface area contributed by atoms with E-state index < -0.39 is 0 Å². The first-order valence-corrected chi connectivity index (χ1v) is 10.5. The van der Waals surface area contributed by atoms with Crippen molar-refractivity contribution in [1.29, 1.82) is 0 Å². The van der Waals surface area contributed by atoms with E-state index in [0.717, 1.165) is 41.0 Å². The van der Waals surface area contributed by atoms with Crippen molar-refractivity contribution in [1.82, 2.24) is 19.5 Å². The van der Waals surface area contributed by atoms with Gasteiger partial charge in [0.2, 0.25) is 5.95 Å². The molecule has 0 saturated carbocycles. The summed E-state index contributed by atoms with van der Waals surface area (Å²) in [5, 5.41) is 9.93. The van der Waals surface area contributed by atoms with Crippen LogP contribution < -0.4 is 16.0 Å². The topological polar surface area (TPSA) is 96.8 Å². The molecule has 1 aliphatic heterocycles. The average Bonchev–Trinajstić information content (AvgIpc) is 3.22. The Morgan fingerprint density at radius 2 is 1.97 bits per heavy atom. The molecule has 0 saturated heterocycles. The van der Waals surface area contributed by atoms with E-state index in [1.54, 1.807) is 30.3 Å². The van der Waals surface area contributed by atoms with Crippen molar-refractivity contribution in [3.05, 3.63) is 83.0 Å². The lowest BCUT2D eigenvalue weighted by Gasteiger charge is -2.15. The smallest absolute Gasteiger partial charge is 0.273 e. The van der Waals surface area contributed by atoms with Gasteiger partial charge in [-0.25, -0.2) is 9.97 Å². The Morgan fingerprint density at radius 1 is 1.09 bits per heavy atom. The van der Waals surface area contributed by atoms with E-state index in [1.165, 1.54) is 0 Å². The normalized spacial score (nSPS) is 12.4. The van der Waals surface area contributed by atoms with E-state index in [0.29, 0.717) is 22.5 Å². The number of imidazole rings is 1. The van der Waals surface area contributed by atoms with Crippen LogP contribution in [0.25, 0.3) is 0 Å². The monoisotopic (exact) mass is 445 g/mol. The van der Waals surface area contributed by atoms with Crippen LogP contribution in [-0.4, -0.2) is 25.4 Å². The molecule has 0 atom stereocenters. The van der Waals surface area contributed by atoms with Crippen LogP contribution in [0.15, 0.2) is 61.2 Å². The Labute approximate surface area is 189 Å². The average molecular weight is 446 g/mol. The summed E-state index contributed by atoms with van der Waals surface area (Å²) in [5.41, 5.74) is 5.10. The maximum atomic E-state index is 12.8. The van der Waals surface area contributed by atoms with Gasteiger partial charge in [-0.3, -0.25) is 4.79 Å². The van der Waals surface area contributed by atoms with Gasteiger partial charge in [-0.05, 0) is 54.3 Å². The van der Waals surface area contributed by atoms with Crippen molar-refractivity contribution in [2.24, 2.45) is 7.05 Å². The van der Waals surface area contributed by atoms with Crippen molar-refractivity contribution in [3.63, 3.8) is 0 Å². The fraction of sp³-hybridized carbons (Fsp3) is 0.130. The lowest BCUT2D eigenvalue weighted by molar-refractivity contribution is 0.101. The van der Waals surface area contributed by atoms with Crippen LogP contribution in [0.5, 0.6) is 0 Å². The molecule has 5 rings (SSSR count). The molecule has 32 heavy (non-hydrogen) atoms. The standard InChI is InChI=1S/C23H20ClN7O/c1-31-13-25-12-20(31)22(32)29-19-8-7-17-10-15(19)6-5-14-3-2-4-16(9-14)28-23-26-11-18(24)21(27-17)30-23/h2-4,7-13H,5-6H2,1H3,(H,29,32)(H2,26,27,28,30). The number of rotatable bonds is 2. The summed E-state index contributed by atoms with van der Waals surface area (Å²) in [7, 11) is 1.79. The highest BCUT2D eigenvalue weighted by Crippen LogP contribution is 2.29. The third-order valence-corrected chi connectivity index (χ3v) is 5.55. The molecule has 2 aromatic carbocycles. The molecule has 3 heterocycles. The zero-order chi connectivity index (χ0) is 22.1. The molecule has 0 fully saturated rings. The molecule has 160 valence electrons. The maximum absolute atomic E-state index is 12.8. The molecule has 1 amide bonds. The second kappa shape index (κ2) is 8.32.